The lowest BCUT2D eigenvalue weighted by molar-refractivity contribution is 0.631. The maximum atomic E-state index is 13.4. The van der Waals surface area contributed by atoms with E-state index in [1.165, 1.54) is 12.4 Å². The first-order chi connectivity index (χ1) is 7.65. The second-order valence-corrected chi connectivity index (χ2v) is 4.15. The van der Waals surface area contributed by atoms with Gasteiger partial charge in [0.15, 0.2) is 0 Å². The molecule has 0 saturated heterocycles. The van der Waals surface area contributed by atoms with Gasteiger partial charge in [-0.15, -0.1) is 0 Å². The van der Waals surface area contributed by atoms with E-state index in [4.69, 9.17) is 0 Å². The molecule has 1 aromatic heterocycles. The van der Waals surface area contributed by atoms with Crippen LogP contribution < -0.4 is 5.32 Å². The molecule has 0 bridgehead atoms. The van der Waals surface area contributed by atoms with Crippen molar-refractivity contribution in [2.45, 2.75) is 6.92 Å². The minimum Gasteiger partial charge on any atom is -0.338 e. The van der Waals surface area contributed by atoms with E-state index in [-0.39, 0.29) is 5.82 Å². The van der Waals surface area contributed by atoms with Crippen LogP contribution in [0.15, 0.2) is 35.2 Å². The van der Waals surface area contributed by atoms with Crippen molar-refractivity contribution in [3.8, 4) is 0 Å². The van der Waals surface area contributed by atoms with Gasteiger partial charge < -0.3 is 5.32 Å². The molecule has 0 aliphatic heterocycles. The number of nitrogens with zero attached hydrogens (tertiary/aromatic N) is 2. The van der Waals surface area contributed by atoms with Crippen LogP contribution in [0.1, 0.15) is 5.56 Å². The Morgan fingerprint density at radius 2 is 2.06 bits per heavy atom. The Morgan fingerprint density at radius 3 is 2.81 bits per heavy atom. The standard InChI is InChI=1S/C11H9BrFN3/c1-7-2-3-8(13)9(4-7)16-11-5-10(12)14-6-15-11/h2-6H,1H3,(H,14,15,16). The van der Waals surface area contributed by atoms with Crippen molar-refractivity contribution in [3.63, 3.8) is 0 Å². The number of halogens is 2. The Bertz CT molecular complexity index is 516. The molecule has 0 aliphatic carbocycles. The molecule has 0 saturated carbocycles. The highest BCUT2D eigenvalue weighted by Gasteiger charge is 2.03. The summed E-state index contributed by atoms with van der Waals surface area (Å²) in [6.45, 7) is 1.90. The fraction of sp³-hybridized carbons (Fsp3) is 0.0909. The molecule has 0 unspecified atom stereocenters. The molecule has 0 spiro atoms. The molecule has 0 amide bonds. The molecule has 0 radical (unpaired) electrons. The third kappa shape index (κ3) is 2.55. The lowest BCUT2D eigenvalue weighted by Crippen LogP contribution is -1.97. The Morgan fingerprint density at radius 1 is 1.25 bits per heavy atom. The molecule has 1 N–H and O–H groups in total. The van der Waals surface area contributed by atoms with Gasteiger partial charge in [0.1, 0.15) is 22.6 Å². The summed E-state index contributed by atoms with van der Waals surface area (Å²) in [6.07, 6.45) is 1.40. The van der Waals surface area contributed by atoms with E-state index in [0.717, 1.165) is 5.56 Å². The van der Waals surface area contributed by atoms with Gasteiger partial charge in [-0.1, -0.05) is 6.07 Å². The van der Waals surface area contributed by atoms with Crippen molar-refractivity contribution in [2.75, 3.05) is 5.32 Å². The molecule has 3 nitrogen and oxygen atoms in total. The molecule has 82 valence electrons. The van der Waals surface area contributed by atoms with E-state index in [1.807, 2.05) is 6.92 Å². The third-order valence-electron chi connectivity index (χ3n) is 2.02. The van der Waals surface area contributed by atoms with Gasteiger partial charge in [0, 0.05) is 6.07 Å². The van der Waals surface area contributed by atoms with Crippen molar-refractivity contribution >= 4 is 27.4 Å². The number of aryl methyl sites for hydroxylation is 1. The van der Waals surface area contributed by atoms with Gasteiger partial charge in [-0.05, 0) is 40.5 Å². The molecule has 2 aromatic rings. The SMILES string of the molecule is Cc1ccc(F)c(Nc2cc(Br)ncn2)c1. The van der Waals surface area contributed by atoms with Crippen molar-refractivity contribution in [1.82, 2.24) is 9.97 Å². The minimum absolute atomic E-state index is 0.305. The topological polar surface area (TPSA) is 37.8 Å². The molecular formula is C11H9BrFN3. The summed E-state index contributed by atoms with van der Waals surface area (Å²) < 4.78 is 14.1. The summed E-state index contributed by atoms with van der Waals surface area (Å²) in [5, 5.41) is 2.90. The van der Waals surface area contributed by atoms with Crippen molar-refractivity contribution in [1.29, 1.82) is 0 Å². The van der Waals surface area contributed by atoms with Gasteiger partial charge in [-0.2, -0.15) is 0 Å². The average molecular weight is 282 g/mol. The highest BCUT2D eigenvalue weighted by Crippen LogP contribution is 2.20. The first kappa shape index (κ1) is 11.0. The summed E-state index contributed by atoms with van der Waals surface area (Å²) in [6, 6.07) is 6.55. The van der Waals surface area contributed by atoms with Crippen LogP contribution in [0.2, 0.25) is 0 Å². The highest BCUT2D eigenvalue weighted by atomic mass is 79.9. The van der Waals surface area contributed by atoms with Crippen LogP contribution in [0.3, 0.4) is 0 Å². The largest absolute Gasteiger partial charge is 0.338 e. The lowest BCUT2D eigenvalue weighted by Gasteiger charge is -2.07. The third-order valence-corrected chi connectivity index (χ3v) is 2.45. The van der Waals surface area contributed by atoms with Gasteiger partial charge >= 0.3 is 0 Å². The second kappa shape index (κ2) is 4.57. The molecule has 5 heteroatoms. The van der Waals surface area contributed by atoms with Gasteiger partial charge in [0.05, 0.1) is 5.69 Å². The quantitative estimate of drug-likeness (QED) is 0.857. The van der Waals surface area contributed by atoms with Crippen LogP contribution in [0, 0.1) is 12.7 Å². The lowest BCUT2D eigenvalue weighted by atomic mass is 10.2. The molecule has 0 fully saturated rings. The maximum absolute atomic E-state index is 13.4. The van der Waals surface area contributed by atoms with Crippen molar-refractivity contribution < 1.29 is 4.39 Å². The second-order valence-electron chi connectivity index (χ2n) is 3.33. The van der Waals surface area contributed by atoms with Gasteiger partial charge in [-0.25, -0.2) is 14.4 Å². The zero-order valence-corrected chi connectivity index (χ0v) is 10.1. The number of rotatable bonds is 2. The van der Waals surface area contributed by atoms with E-state index in [1.54, 1.807) is 18.2 Å². The zero-order chi connectivity index (χ0) is 11.5. The number of hydrogen-bond acceptors (Lipinski definition) is 3. The summed E-state index contributed by atoms with van der Waals surface area (Å²) >= 11 is 3.22. The molecule has 0 aliphatic rings. The van der Waals surface area contributed by atoms with Crippen LogP contribution in [0.4, 0.5) is 15.9 Å². The predicted molar refractivity (Wildman–Crippen MR) is 64.2 cm³/mol. The summed E-state index contributed by atoms with van der Waals surface area (Å²) in [4.78, 5) is 7.88. The van der Waals surface area contributed by atoms with E-state index in [2.05, 4.69) is 31.2 Å². The Kier molecular flexibility index (Phi) is 3.14. The number of aromatic nitrogens is 2. The normalized spacial score (nSPS) is 10.2. The van der Waals surface area contributed by atoms with E-state index in [9.17, 15) is 4.39 Å². The number of benzene rings is 1. The first-order valence-corrected chi connectivity index (χ1v) is 5.45. The summed E-state index contributed by atoms with van der Waals surface area (Å²) in [5.41, 5.74) is 1.39. The Balaban J connectivity index is 2.30. The fourth-order valence-electron chi connectivity index (χ4n) is 1.27. The van der Waals surface area contributed by atoms with Crippen LogP contribution in [0.25, 0.3) is 0 Å². The van der Waals surface area contributed by atoms with Gasteiger partial charge in [0.2, 0.25) is 0 Å². The predicted octanol–water partition coefficient (Wildman–Crippen LogP) is 3.43. The summed E-state index contributed by atoms with van der Waals surface area (Å²) in [7, 11) is 0. The Labute approximate surface area is 101 Å². The molecular weight excluding hydrogens is 273 g/mol. The molecule has 1 aromatic carbocycles. The van der Waals surface area contributed by atoms with Crippen LogP contribution >= 0.6 is 15.9 Å². The van der Waals surface area contributed by atoms with Crippen LogP contribution in [-0.2, 0) is 0 Å². The summed E-state index contributed by atoms with van der Waals surface area (Å²) in [5.74, 6) is 0.242. The number of nitrogens with one attached hydrogen (secondary N) is 1. The number of anilines is 2. The van der Waals surface area contributed by atoms with Gasteiger partial charge in [0.25, 0.3) is 0 Å². The maximum Gasteiger partial charge on any atom is 0.146 e. The monoisotopic (exact) mass is 281 g/mol. The molecule has 2 rings (SSSR count). The minimum atomic E-state index is -0.305. The fourth-order valence-corrected chi connectivity index (χ4v) is 1.58. The Hall–Kier alpha value is -1.49. The molecule has 16 heavy (non-hydrogen) atoms. The van der Waals surface area contributed by atoms with E-state index < -0.39 is 0 Å². The first-order valence-electron chi connectivity index (χ1n) is 4.66. The zero-order valence-electron chi connectivity index (χ0n) is 8.54. The van der Waals surface area contributed by atoms with E-state index >= 15 is 0 Å². The molecule has 1 heterocycles. The van der Waals surface area contributed by atoms with Crippen LogP contribution in [-0.4, -0.2) is 9.97 Å². The van der Waals surface area contributed by atoms with E-state index in [0.29, 0.717) is 16.1 Å². The smallest absolute Gasteiger partial charge is 0.146 e. The highest BCUT2D eigenvalue weighted by molar-refractivity contribution is 9.10. The average Bonchev–Trinajstić information content (AvgIpc) is 2.24. The molecule has 0 atom stereocenters. The van der Waals surface area contributed by atoms with Crippen molar-refractivity contribution in [3.05, 3.63) is 46.6 Å². The van der Waals surface area contributed by atoms with Crippen LogP contribution in [0.5, 0.6) is 0 Å². The number of hydrogen-bond donors (Lipinski definition) is 1. The van der Waals surface area contributed by atoms with Crippen molar-refractivity contribution in [2.24, 2.45) is 0 Å². The van der Waals surface area contributed by atoms with Gasteiger partial charge in [-0.3, -0.25) is 0 Å².